The summed E-state index contributed by atoms with van der Waals surface area (Å²) in [4.78, 5) is 28.7. The van der Waals surface area contributed by atoms with Crippen LogP contribution in [0.5, 0.6) is 5.75 Å². The summed E-state index contributed by atoms with van der Waals surface area (Å²) in [5.41, 5.74) is 2.23. The minimum atomic E-state index is -0.694. The van der Waals surface area contributed by atoms with Crippen LogP contribution in [0.15, 0.2) is 54.9 Å². The first-order chi connectivity index (χ1) is 14.4. The quantitative estimate of drug-likeness (QED) is 0.592. The van der Waals surface area contributed by atoms with Crippen LogP contribution in [0.25, 0.3) is 5.65 Å². The van der Waals surface area contributed by atoms with Gasteiger partial charge in [0.15, 0.2) is 0 Å². The topological polar surface area (TPSA) is 94.0 Å². The number of ether oxygens (including phenoxy) is 2. The van der Waals surface area contributed by atoms with Crippen molar-refractivity contribution in [3.8, 4) is 5.75 Å². The SMILES string of the molecule is COC(=O)NC(CC(C)C)C(=O)Nc1cccc(OCc2cn3ccccc3n2)c1. The second-order valence-electron chi connectivity index (χ2n) is 7.32. The fourth-order valence-corrected chi connectivity index (χ4v) is 3.01. The number of carbonyl (C=O) groups excluding carboxylic acids is 2. The lowest BCUT2D eigenvalue weighted by Gasteiger charge is -2.19. The molecular formula is C22H26N4O4. The molecule has 0 aliphatic heterocycles. The number of fused-ring (bicyclic) bond motifs is 1. The zero-order valence-corrected chi connectivity index (χ0v) is 17.3. The van der Waals surface area contributed by atoms with Gasteiger partial charge < -0.3 is 24.5 Å². The van der Waals surface area contributed by atoms with Crippen molar-refractivity contribution in [1.29, 1.82) is 0 Å². The Morgan fingerprint density at radius 2 is 2.00 bits per heavy atom. The first-order valence-corrected chi connectivity index (χ1v) is 9.75. The molecular weight excluding hydrogens is 384 g/mol. The van der Waals surface area contributed by atoms with E-state index in [2.05, 4.69) is 20.4 Å². The highest BCUT2D eigenvalue weighted by atomic mass is 16.5. The molecule has 1 atom stereocenters. The molecule has 0 saturated heterocycles. The molecule has 1 aromatic carbocycles. The summed E-state index contributed by atoms with van der Waals surface area (Å²) in [5.74, 6) is 0.510. The van der Waals surface area contributed by atoms with Gasteiger partial charge in [0.25, 0.3) is 0 Å². The van der Waals surface area contributed by atoms with E-state index in [1.807, 2.05) is 54.9 Å². The molecule has 30 heavy (non-hydrogen) atoms. The molecule has 3 aromatic rings. The highest BCUT2D eigenvalue weighted by Crippen LogP contribution is 2.19. The maximum Gasteiger partial charge on any atom is 0.407 e. The fraction of sp³-hybridized carbons (Fsp3) is 0.318. The Hall–Kier alpha value is -3.55. The normalized spacial score (nSPS) is 11.9. The number of pyridine rings is 1. The van der Waals surface area contributed by atoms with Gasteiger partial charge in [0, 0.05) is 24.1 Å². The molecule has 8 heteroatoms. The van der Waals surface area contributed by atoms with Gasteiger partial charge in [0.05, 0.1) is 12.8 Å². The lowest BCUT2D eigenvalue weighted by molar-refractivity contribution is -0.118. The van der Waals surface area contributed by atoms with Crippen molar-refractivity contribution in [3.05, 3.63) is 60.6 Å². The van der Waals surface area contributed by atoms with E-state index in [0.717, 1.165) is 11.3 Å². The van der Waals surface area contributed by atoms with E-state index in [9.17, 15) is 9.59 Å². The number of amides is 2. The maximum absolute atomic E-state index is 12.7. The van der Waals surface area contributed by atoms with E-state index in [4.69, 9.17) is 4.74 Å². The third-order valence-electron chi connectivity index (χ3n) is 4.40. The summed E-state index contributed by atoms with van der Waals surface area (Å²) < 4.78 is 12.4. The molecule has 2 aromatic heterocycles. The number of imidazole rings is 1. The number of hydrogen-bond donors (Lipinski definition) is 2. The molecule has 1 unspecified atom stereocenters. The highest BCUT2D eigenvalue weighted by molar-refractivity contribution is 5.96. The lowest BCUT2D eigenvalue weighted by Crippen LogP contribution is -2.44. The van der Waals surface area contributed by atoms with E-state index < -0.39 is 12.1 Å². The van der Waals surface area contributed by atoms with Crippen LogP contribution in [0, 0.1) is 5.92 Å². The summed E-state index contributed by atoms with van der Waals surface area (Å²) >= 11 is 0. The average Bonchev–Trinajstić information content (AvgIpc) is 3.14. The number of carbonyl (C=O) groups is 2. The second-order valence-corrected chi connectivity index (χ2v) is 7.32. The van der Waals surface area contributed by atoms with Crippen LogP contribution in [0.3, 0.4) is 0 Å². The zero-order chi connectivity index (χ0) is 21.5. The number of nitrogens with zero attached hydrogens (tertiary/aromatic N) is 2. The smallest absolute Gasteiger partial charge is 0.407 e. The molecule has 0 saturated carbocycles. The Bertz CT molecular complexity index is 982. The number of hydrogen-bond acceptors (Lipinski definition) is 5. The number of methoxy groups -OCH3 is 1. The molecule has 0 radical (unpaired) electrons. The van der Waals surface area contributed by atoms with Crippen LogP contribution in [-0.4, -0.2) is 34.5 Å². The number of nitrogens with one attached hydrogen (secondary N) is 2. The lowest BCUT2D eigenvalue weighted by atomic mass is 10.0. The standard InChI is InChI=1S/C22H26N4O4/c1-15(2)11-19(25-22(28)29-3)21(27)24-16-7-6-8-18(12-16)30-14-17-13-26-10-5-4-9-20(26)23-17/h4-10,12-13,15,19H,11,14H2,1-3H3,(H,24,27)(H,25,28). The molecule has 2 amide bonds. The predicted molar refractivity (Wildman–Crippen MR) is 113 cm³/mol. The van der Waals surface area contributed by atoms with Crippen molar-refractivity contribution in [2.45, 2.75) is 32.9 Å². The molecule has 3 rings (SSSR count). The van der Waals surface area contributed by atoms with Crippen LogP contribution >= 0.6 is 0 Å². The molecule has 0 aliphatic carbocycles. The van der Waals surface area contributed by atoms with Crippen LogP contribution in [0.1, 0.15) is 26.0 Å². The van der Waals surface area contributed by atoms with Crippen molar-refractivity contribution >= 4 is 23.3 Å². The van der Waals surface area contributed by atoms with E-state index in [-0.39, 0.29) is 11.8 Å². The highest BCUT2D eigenvalue weighted by Gasteiger charge is 2.22. The average molecular weight is 410 g/mol. The van der Waals surface area contributed by atoms with Gasteiger partial charge in [-0.2, -0.15) is 0 Å². The van der Waals surface area contributed by atoms with E-state index >= 15 is 0 Å². The van der Waals surface area contributed by atoms with E-state index in [1.165, 1.54) is 7.11 Å². The third kappa shape index (κ3) is 5.73. The first kappa shape index (κ1) is 21.2. The molecule has 0 spiro atoms. The molecule has 0 bridgehead atoms. The van der Waals surface area contributed by atoms with Crippen LogP contribution < -0.4 is 15.4 Å². The summed E-state index contributed by atoms with van der Waals surface area (Å²) in [6.45, 7) is 4.26. The van der Waals surface area contributed by atoms with Crippen molar-refractivity contribution in [3.63, 3.8) is 0 Å². The first-order valence-electron chi connectivity index (χ1n) is 9.75. The summed E-state index contributed by atoms with van der Waals surface area (Å²) in [6, 6.07) is 12.2. The Morgan fingerprint density at radius 3 is 2.73 bits per heavy atom. The second kappa shape index (κ2) is 9.78. The van der Waals surface area contributed by atoms with Crippen molar-refractivity contribution in [2.24, 2.45) is 5.92 Å². The Morgan fingerprint density at radius 1 is 1.17 bits per heavy atom. The molecule has 2 N–H and O–H groups in total. The third-order valence-corrected chi connectivity index (χ3v) is 4.40. The molecule has 0 fully saturated rings. The number of alkyl carbamates (subject to hydrolysis) is 1. The Kier molecular flexibility index (Phi) is 6.90. The van der Waals surface area contributed by atoms with Gasteiger partial charge in [-0.25, -0.2) is 9.78 Å². The van der Waals surface area contributed by atoms with Crippen molar-refractivity contribution < 1.29 is 19.1 Å². The van der Waals surface area contributed by atoms with Crippen molar-refractivity contribution in [2.75, 3.05) is 12.4 Å². The van der Waals surface area contributed by atoms with Gasteiger partial charge in [-0.1, -0.05) is 26.0 Å². The van der Waals surface area contributed by atoms with Gasteiger partial charge in [-0.05, 0) is 36.6 Å². The van der Waals surface area contributed by atoms with Gasteiger partial charge in [0.2, 0.25) is 5.91 Å². The number of benzene rings is 1. The number of anilines is 1. The largest absolute Gasteiger partial charge is 0.487 e. The van der Waals surface area contributed by atoms with Crippen LogP contribution in [0.4, 0.5) is 10.5 Å². The van der Waals surface area contributed by atoms with Crippen molar-refractivity contribution in [1.82, 2.24) is 14.7 Å². The van der Waals surface area contributed by atoms with Gasteiger partial charge in [0.1, 0.15) is 24.0 Å². The molecule has 0 aliphatic rings. The summed E-state index contributed by atoms with van der Waals surface area (Å²) in [6.07, 6.45) is 3.69. The summed E-state index contributed by atoms with van der Waals surface area (Å²) in [5, 5.41) is 5.40. The minimum Gasteiger partial charge on any atom is -0.487 e. The molecule has 158 valence electrons. The van der Waals surface area contributed by atoms with E-state index in [1.54, 1.807) is 18.2 Å². The molecule has 8 nitrogen and oxygen atoms in total. The zero-order valence-electron chi connectivity index (χ0n) is 17.3. The Balaban J connectivity index is 1.63. The van der Waals surface area contributed by atoms with Gasteiger partial charge in [-0.15, -0.1) is 0 Å². The maximum atomic E-state index is 12.7. The number of rotatable bonds is 8. The van der Waals surface area contributed by atoms with Crippen LogP contribution in [0.2, 0.25) is 0 Å². The minimum absolute atomic E-state index is 0.220. The monoisotopic (exact) mass is 410 g/mol. The fourth-order valence-electron chi connectivity index (χ4n) is 3.01. The molecule has 2 heterocycles. The van der Waals surface area contributed by atoms with Gasteiger partial charge >= 0.3 is 6.09 Å². The van der Waals surface area contributed by atoms with Crippen LogP contribution in [-0.2, 0) is 16.1 Å². The number of aromatic nitrogens is 2. The van der Waals surface area contributed by atoms with Gasteiger partial charge in [-0.3, -0.25) is 4.79 Å². The predicted octanol–water partition coefficient (Wildman–Crippen LogP) is 3.62. The van der Waals surface area contributed by atoms with E-state index in [0.29, 0.717) is 24.5 Å². The summed E-state index contributed by atoms with van der Waals surface area (Å²) in [7, 11) is 1.27. The Labute approximate surface area is 175 Å².